The lowest BCUT2D eigenvalue weighted by atomic mass is 10.1. The van der Waals surface area contributed by atoms with Crippen LogP contribution < -0.4 is 0 Å². The van der Waals surface area contributed by atoms with E-state index in [1.165, 1.54) is 19.3 Å². The normalized spacial score (nSPS) is 17.1. The molecule has 4 heteroatoms. The monoisotopic (exact) mass is 296 g/mol. The molecule has 1 aliphatic rings. The molecule has 17 heavy (non-hydrogen) atoms. The highest BCUT2D eigenvalue weighted by atomic mass is 79.9. The maximum atomic E-state index is 11.5. The molecule has 2 rings (SSSR count). The second-order valence-corrected chi connectivity index (χ2v) is 5.47. The third-order valence-electron chi connectivity index (χ3n) is 3.11. The maximum absolute atomic E-state index is 11.5. The zero-order chi connectivity index (χ0) is 12.3. The van der Waals surface area contributed by atoms with Crippen molar-refractivity contribution < 1.29 is 4.79 Å². The Bertz CT molecular complexity index is 414. The summed E-state index contributed by atoms with van der Waals surface area (Å²) in [6.45, 7) is 4.67. The second kappa shape index (κ2) is 5.74. The fourth-order valence-corrected chi connectivity index (χ4v) is 2.66. The van der Waals surface area contributed by atoms with Crippen LogP contribution in [-0.2, 0) is 6.54 Å². The van der Waals surface area contributed by atoms with Crippen LogP contribution in [0.4, 0.5) is 0 Å². The molecule has 0 amide bonds. The number of likely N-dealkylation sites (tertiary alicyclic amines) is 1. The molecule has 1 saturated heterocycles. The van der Waals surface area contributed by atoms with E-state index in [0.29, 0.717) is 5.69 Å². The summed E-state index contributed by atoms with van der Waals surface area (Å²) in [5, 5.41) is 0. The van der Waals surface area contributed by atoms with Crippen molar-refractivity contribution in [1.29, 1.82) is 0 Å². The Morgan fingerprint density at radius 3 is 2.76 bits per heavy atom. The largest absolute Gasteiger partial charge is 0.299 e. The summed E-state index contributed by atoms with van der Waals surface area (Å²) in [6.07, 6.45) is 5.54. The van der Waals surface area contributed by atoms with Crippen molar-refractivity contribution >= 4 is 21.7 Å². The van der Waals surface area contributed by atoms with Gasteiger partial charge in [0.25, 0.3) is 0 Å². The van der Waals surface area contributed by atoms with Crippen LogP contribution in [0.1, 0.15) is 42.2 Å². The SMILES string of the molecule is CC(=O)c1ncc(Br)cc1CN1CCCCC1. The molecule has 0 aliphatic carbocycles. The minimum atomic E-state index is 0.0458. The number of hydrogen-bond donors (Lipinski definition) is 0. The summed E-state index contributed by atoms with van der Waals surface area (Å²) in [5.74, 6) is 0.0458. The molecule has 92 valence electrons. The van der Waals surface area contributed by atoms with Gasteiger partial charge in [-0.2, -0.15) is 0 Å². The first-order valence-corrected chi connectivity index (χ1v) is 6.84. The second-order valence-electron chi connectivity index (χ2n) is 4.55. The summed E-state index contributed by atoms with van der Waals surface area (Å²) >= 11 is 3.42. The Balaban J connectivity index is 2.17. The predicted octanol–water partition coefficient (Wildman–Crippen LogP) is 3.03. The van der Waals surface area contributed by atoms with E-state index in [9.17, 15) is 4.79 Å². The van der Waals surface area contributed by atoms with Crippen molar-refractivity contribution in [3.05, 3.63) is 28.0 Å². The van der Waals surface area contributed by atoms with E-state index in [4.69, 9.17) is 0 Å². The lowest BCUT2D eigenvalue weighted by Crippen LogP contribution is -2.29. The number of aromatic nitrogens is 1. The molecule has 1 aliphatic heterocycles. The molecule has 0 N–H and O–H groups in total. The fraction of sp³-hybridized carbons (Fsp3) is 0.538. The van der Waals surface area contributed by atoms with Crippen LogP contribution in [0.3, 0.4) is 0 Å². The van der Waals surface area contributed by atoms with Gasteiger partial charge in [0, 0.05) is 24.1 Å². The van der Waals surface area contributed by atoms with Gasteiger partial charge in [0.05, 0.1) is 0 Å². The van der Waals surface area contributed by atoms with E-state index in [1.54, 1.807) is 13.1 Å². The topological polar surface area (TPSA) is 33.2 Å². The molecule has 1 fully saturated rings. The molecule has 3 nitrogen and oxygen atoms in total. The van der Waals surface area contributed by atoms with Crippen molar-refractivity contribution in [2.75, 3.05) is 13.1 Å². The Kier molecular flexibility index (Phi) is 4.29. The number of Topliss-reactive ketones (excluding diaryl/α,β-unsaturated/α-hetero) is 1. The number of hydrogen-bond acceptors (Lipinski definition) is 3. The zero-order valence-electron chi connectivity index (χ0n) is 10.1. The average molecular weight is 297 g/mol. The number of piperidine rings is 1. The van der Waals surface area contributed by atoms with Gasteiger partial charge in [-0.1, -0.05) is 6.42 Å². The number of rotatable bonds is 3. The van der Waals surface area contributed by atoms with Crippen LogP contribution in [0.15, 0.2) is 16.7 Å². The highest BCUT2D eigenvalue weighted by Crippen LogP contribution is 2.18. The van der Waals surface area contributed by atoms with Crippen LogP contribution in [0.25, 0.3) is 0 Å². The number of ketones is 1. The number of carbonyl (C=O) groups is 1. The standard InChI is InChI=1S/C13H17BrN2O/c1-10(17)13-11(7-12(14)8-15-13)9-16-5-3-2-4-6-16/h7-8H,2-6,9H2,1H3. The quantitative estimate of drug-likeness (QED) is 0.804. The van der Waals surface area contributed by atoms with Crippen molar-refractivity contribution in [3.8, 4) is 0 Å². The summed E-state index contributed by atoms with van der Waals surface area (Å²) in [6, 6.07) is 2.01. The van der Waals surface area contributed by atoms with Gasteiger partial charge in [0.1, 0.15) is 5.69 Å². The lowest BCUT2D eigenvalue weighted by Gasteiger charge is -2.26. The molecule has 0 bridgehead atoms. The molecule has 0 saturated carbocycles. The van der Waals surface area contributed by atoms with Gasteiger partial charge in [0.15, 0.2) is 5.78 Å². The number of nitrogens with zero attached hydrogens (tertiary/aromatic N) is 2. The fourth-order valence-electron chi connectivity index (χ4n) is 2.28. The smallest absolute Gasteiger partial charge is 0.178 e. The van der Waals surface area contributed by atoms with E-state index in [1.807, 2.05) is 6.07 Å². The van der Waals surface area contributed by atoms with Gasteiger partial charge >= 0.3 is 0 Å². The van der Waals surface area contributed by atoms with E-state index < -0.39 is 0 Å². The van der Waals surface area contributed by atoms with Crippen LogP contribution in [0, 0.1) is 0 Å². The van der Waals surface area contributed by atoms with E-state index in [0.717, 1.165) is 29.7 Å². The molecule has 0 radical (unpaired) electrons. The van der Waals surface area contributed by atoms with Crippen molar-refractivity contribution in [2.45, 2.75) is 32.7 Å². The molecule has 0 unspecified atom stereocenters. The minimum Gasteiger partial charge on any atom is -0.299 e. The van der Waals surface area contributed by atoms with E-state index >= 15 is 0 Å². The van der Waals surface area contributed by atoms with Crippen molar-refractivity contribution in [1.82, 2.24) is 9.88 Å². The molecule has 0 atom stereocenters. The molecule has 1 aromatic heterocycles. The molecular formula is C13H17BrN2O. The first kappa shape index (κ1) is 12.7. The Labute approximate surface area is 110 Å². The Hall–Kier alpha value is -0.740. The molecule has 0 aromatic carbocycles. The zero-order valence-corrected chi connectivity index (χ0v) is 11.7. The summed E-state index contributed by atoms with van der Waals surface area (Å²) in [4.78, 5) is 18.1. The van der Waals surface area contributed by atoms with Gasteiger partial charge in [0.2, 0.25) is 0 Å². The van der Waals surface area contributed by atoms with Crippen molar-refractivity contribution in [2.24, 2.45) is 0 Å². The van der Waals surface area contributed by atoms with Gasteiger partial charge in [-0.05, 0) is 53.5 Å². The Morgan fingerprint density at radius 1 is 1.41 bits per heavy atom. The number of pyridine rings is 1. The first-order valence-electron chi connectivity index (χ1n) is 6.04. The van der Waals surface area contributed by atoms with Gasteiger partial charge in [-0.25, -0.2) is 0 Å². The molecule has 2 heterocycles. The summed E-state index contributed by atoms with van der Waals surface area (Å²) < 4.78 is 0.939. The van der Waals surface area contributed by atoms with Crippen molar-refractivity contribution in [3.63, 3.8) is 0 Å². The van der Waals surface area contributed by atoms with E-state index in [-0.39, 0.29) is 5.78 Å². The van der Waals surface area contributed by atoms with Gasteiger partial charge < -0.3 is 0 Å². The maximum Gasteiger partial charge on any atom is 0.178 e. The summed E-state index contributed by atoms with van der Waals surface area (Å²) in [7, 11) is 0. The third kappa shape index (κ3) is 3.36. The molecule has 0 spiro atoms. The highest BCUT2D eigenvalue weighted by molar-refractivity contribution is 9.10. The summed E-state index contributed by atoms with van der Waals surface area (Å²) in [5.41, 5.74) is 1.65. The van der Waals surface area contributed by atoms with Gasteiger partial charge in [-0.15, -0.1) is 0 Å². The lowest BCUT2D eigenvalue weighted by molar-refractivity contribution is 0.101. The predicted molar refractivity (Wildman–Crippen MR) is 71.1 cm³/mol. The van der Waals surface area contributed by atoms with Crippen LogP contribution in [-0.4, -0.2) is 28.8 Å². The molecular weight excluding hydrogens is 280 g/mol. The highest BCUT2D eigenvalue weighted by Gasteiger charge is 2.15. The van der Waals surface area contributed by atoms with Gasteiger partial charge in [-0.3, -0.25) is 14.7 Å². The van der Waals surface area contributed by atoms with Crippen LogP contribution in [0.5, 0.6) is 0 Å². The molecule has 1 aromatic rings. The van der Waals surface area contributed by atoms with Crippen LogP contribution in [0.2, 0.25) is 0 Å². The third-order valence-corrected chi connectivity index (χ3v) is 3.54. The number of halogens is 1. The first-order chi connectivity index (χ1) is 8.16. The minimum absolute atomic E-state index is 0.0458. The number of carbonyl (C=O) groups excluding carboxylic acids is 1. The Morgan fingerprint density at radius 2 is 2.12 bits per heavy atom. The van der Waals surface area contributed by atoms with E-state index in [2.05, 4.69) is 25.8 Å². The average Bonchev–Trinajstić information content (AvgIpc) is 2.30. The van der Waals surface area contributed by atoms with Crippen LogP contribution >= 0.6 is 15.9 Å².